The van der Waals surface area contributed by atoms with E-state index in [2.05, 4.69) is 6.58 Å². The Morgan fingerprint density at radius 2 is 1.44 bits per heavy atom. The second-order valence-electron chi connectivity index (χ2n) is 8.66. The molecule has 3 atom stereocenters. The normalized spacial score (nSPS) is 19.4. The van der Waals surface area contributed by atoms with Gasteiger partial charge in [0.05, 0.1) is 37.1 Å². The lowest BCUT2D eigenvalue weighted by Crippen LogP contribution is -2.32. The van der Waals surface area contributed by atoms with Gasteiger partial charge in [-0.15, -0.1) is 0 Å². The number of fused-ring (bicyclic) bond motifs is 1. The number of hydrogen-bond acceptors (Lipinski definition) is 11. The van der Waals surface area contributed by atoms with E-state index in [1.807, 2.05) is 0 Å². The molecule has 2 aliphatic rings. The molecule has 0 aromatic heterocycles. The van der Waals surface area contributed by atoms with Crippen LogP contribution in [-0.2, 0) is 28.5 Å². The monoisotopic (exact) mass is 540 g/mol. The zero-order chi connectivity index (χ0) is 27.6. The smallest absolute Gasteiger partial charge is 0.463 e. The summed E-state index contributed by atoms with van der Waals surface area (Å²) >= 11 is 0. The average Bonchev–Trinajstić information content (AvgIpc) is 3.56. The fourth-order valence-corrected chi connectivity index (χ4v) is 3.94. The van der Waals surface area contributed by atoms with Gasteiger partial charge in [-0.3, -0.25) is 0 Å². The lowest BCUT2D eigenvalue weighted by Gasteiger charge is -2.16. The Bertz CT molecular complexity index is 1170. The van der Waals surface area contributed by atoms with E-state index in [9.17, 15) is 19.2 Å². The molecule has 4 rings (SSSR count). The number of carbonyl (C=O) groups excluding carboxylic acids is 4. The zero-order valence-corrected chi connectivity index (χ0v) is 21.1. The van der Waals surface area contributed by atoms with Crippen molar-refractivity contribution in [2.24, 2.45) is 0 Å². The third kappa shape index (κ3) is 7.88. The van der Waals surface area contributed by atoms with Crippen molar-refractivity contribution in [3.63, 3.8) is 0 Å². The summed E-state index contributed by atoms with van der Waals surface area (Å²) in [5.41, 5.74) is 0.529. The first-order valence-corrected chi connectivity index (χ1v) is 12.4. The minimum absolute atomic E-state index is 0.0303. The Morgan fingerprint density at radius 1 is 0.821 bits per heavy atom. The van der Waals surface area contributed by atoms with E-state index in [0.717, 1.165) is 12.5 Å². The van der Waals surface area contributed by atoms with Crippen molar-refractivity contribution in [3.05, 3.63) is 72.3 Å². The summed E-state index contributed by atoms with van der Waals surface area (Å²) in [5, 5.41) is 0. The molecule has 39 heavy (non-hydrogen) atoms. The van der Waals surface area contributed by atoms with Crippen LogP contribution >= 0.6 is 0 Å². The Labute approximate surface area is 224 Å². The van der Waals surface area contributed by atoms with E-state index in [1.54, 1.807) is 0 Å². The molecule has 2 aliphatic heterocycles. The largest absolute Gasteiger partial charge is 0.513 e. The third-order valence-electron chi connectivity index (χ3n) is 5.94. The van der Waals surface area contributed by atoms with Crippen LogP contribution in [0.2, 0.25) is 0 Å². The van der Waals surface area contributed by atoms with Crippen LogP contribution in [-0.4, -0.2) is 68.8 Å². The second-order valence-corrected chi connectivity index (χ2v) is 8.66. The van der Waals surface area contributed by atoms with Gasteiger partial charge in [-0.05, 0) is 67.8 Å². The SMILES string of the molecule is C=CC(=O)OCCCCOC(=O)Oc1ccc(C(=O)Oc2ccc(C(=O)O[C@H]3COC4CCOC43)cc2)cc1. The molecule has 0 bridgehead atoms. The van der Waals surface area contributed by atoms with Crippen molar-refractivity contribution in [1.29, 1.82) is 0 Å². The van der Waals surface area contributed by atoms with E-state index in [1.165, 1.54) is 48.5 Å². The van der Waals surface area contributed by atoms with Crippen LogP contribution in [0.25, 0.3) is 0 Å². The predicted molar refractivity (Wildman–Crippen MR) is 134 cm³/mol. The van der Waals surface area contributed by atoms with Crippen molar-refractivity contribution < 1.29 is 52.3 Å². The van der Waals surface area contributed by atoms with Crippen LogP contribution in [0.15, 0.2) is 61.2 Å². The highest BCUT2D eigenvalue weighted by Gasteiger charge is 2.44. The number of unbranched alkanes of at least 4 members (excludes halogenated alkanes) is 1. The minimum atomic E-state index is -0.900. The van der Waals surface area contributed by atoms with Crippen LogP contribution in [0.5, 0.6) is 11.5 Å². The molecular weight excluding hydrogens is 512 g/mol. The van der Waals surface area contributed by atoms with Crippen molar-refractivity contribution in [3.8, 4) is 11.5 Å². The van der Waals surface area contributed by atoms with Gasteiger partial charge in [-0.1, -0.05) is 6.58 Å². The van der Waals surface area contributed by atoms with Gasteiger partial charge >= 0.3 is 24.1 Å². The number of hydrogen-bond donors (Lipinski definition) is 0. The van der Waals surface area contributed by atoms with Crippen molar-refractivity contribution in [2.45, 2.75) is 37.6 Å². The molecule has 0 amide bonds. The maximum Gasteiger partial charge on any atom is 0.513 e. The van der Waals surface area contributed by atoms with Gasteiger partial charge in [-0.2, -0.15) is 0 Å². The van der Waals surface area contributed by atoms with E-state index in [-0.39, 0.29) is 42.5 Å². The van der Waals surface area contributed by atoms with Crippen LogP contribution in [0, 0.1) is 0 Å². The summed E-state index contributed by atoms with van der Waals surface area (Å²) in [6.45, 7) is 4.48. The fourth-order valence-electron chi connectivity index (χ4n) is 3.94. The Morgan fingerprint density at radius 3 is 2.10 bits per heavy atom. The molecule has 2 aromatic rings. The molecule has 11 heteroatoms. The third-order valence-corrected chi connectivity index (χ3v) is 5.94. The van der Waals surface area contributed by atoms with E-state index >= 15 is 0 Å². The molecule has 0 saturated carbocycles. The predicted octanol–water partition coefficient (Wildman–Crippen LogP) is 3.64. The first-order chi connectivity index (χ1) is 18.9. The standard InChI is InChI=1S/C28H28O11/c1-2-24(29)33-14-3-4-15-35-28(32)38-21-11-7-18(8-12-21)26(30)37-20-9-5-19(6-10-20)27(31)39-23-17-36-22-13-16-34-25(22)23/h2,5-12,22-23,25H,1,3-4,13-17H2/t22?,23-,25?/m0/s1. The zero-order valence-electron chi connectivity index (χ0n) is 21.1. The van der Waals surface area contributed by atoms with E-state index in [0.29, 0.717) is 31.6 Å². The molecule has 2 fully saturated rings. The van der Waals surface area contributed by atoms with Gasteiger partial charge in [0, 0.05) is 12.7 Å². The van der Waals surface area contributed by atoms with E-state index < -0.39 is 30.2 Å². The number of rotatable bonds is 11. The van der Waals surface area contributed by atoms with Gasteiger partial charge in [-0.25, -0.2) is 19.2 Å². The number of esters is 3. The molecule has 2 heterocycles. The maximum absolute atomic E-state index is 12.5. The van der Waals surface area contributed by atoms with E-state index in [4.69, 9.17) is 33.2 Å². The molecule has 206 valence electrons. The second kappa shape index (κ2) is 13.5. The van der Waals surface area contributed by atoms with Gasteiger partial charge in [0.2, 0.25) is 0 Å². The maximum atomic E-state index is 12.5. The number of benzene rings is 2. The molecule has 11 nitrogen and oxygen atoms in total. The topological polar surface area (TPSA) is 133 Å². The summed E-state index contributed by atoms with van der Waals surface area (Å²) in [6.07, 6.45) is 1.26. The minimum Gasteiger partial charge on any atom is -0.463 e. The molecule has 2 saturated heterocycles. The molecular formula is C28H28O11. The van der Waals surface area contributed by atoms with Crippen molar-refractivity contribution in [2.75, 3.05) is 26.4 Å². The Balaban J connectivity index is 1.18. The molecule has 0 radical (unpaired) electrons. The molecule has 0 aliphatic carbocycles. The van der Waals surface area contributed by atoms with Gasteiger partial charge in [0.15, 0.2) is 6.10 Å². The average molecular weight is 541 g/mol. The summed E-state index contributed by atoms with van der Waals surface area (Å²) in [5.74, 6) is -1.24. The first-order valence-electron chi connectivity index (χ1n) is 12.4. The first kappa shape index (κ1) is 27.8. The Kier molecular flexibility index (Phi) is 9.65. The molecule has 2 unspecified atom stereocenters. The number of carbonyl (C=O) groups is 4. The van der Waals surface area contributed by atoms with Gasteiger partial charge in [0.25, 0.3) is 0 Å². The van der Waals surface area contributed by atoms with Gasteiger partial charge < -0.3 is 33.2 Å². The van der Waals surface area contributed by atoms with Gasteiger partial charge in [0.1, 0.15) is 17.6 Å². The number of ether oxygens (including phenoxy) is 7. The summed E-state index contributed by atoms with van der Waals surface area (Å²) in [7, 11) is 0. The molecule has 2 aromatic carbocycles. The van der Waals surface area contributed by atoms with Crippen LogP contribution in [0.3, 0.4) is 0 Å². The van der Waals surface area contributed by atoms with Crippen molar-refractivity contribution in [1.82, 2.24) is 0 Å². The molecule has 0 N–H and O–H groups in total. The lowest BCUT2D eigenvalue weighted by atomic mass is 10.1. The highest BCUT2D eigenvalue weighted by atomic mass is 16.7. The highest BCUT2D eigenvalue weighted by molar-refractivity contribution is 5.92. The van der Waals surface area contributed by atoms with Crippen LogP contribution < -0.4 is 9.47 Å². The quantitative estimate of drug-likeness (QED) is 0.103. The van der Waals surface area contributed by atoms with Crippen LogP contribution in [0.4, 0.5) is 4.79 Å². The fraction of sp³-hybridized carbons (Fsp3) is 0.357. The summed E-state index contributed by atoms with van der Waals surface area (Å²) in [6, 6.07) is 11.7. The Hall–Kier alpha value is -4.22. The summed E-state index contributed by atoms with van der Waals surface area (Å²) in [4.78, 5) is 47.7. The van der Waals surface area contributed by atoms with Crippen molar-refractivity contribution >= 4 is 24.1 Å². The highest BCUT2D eigenvalue weighted by Crippen LogP contribution is 2.29. The molecule has 0 spiro atoms. The lowest BCUT2D eigenvalue weighted by molar-refractivity contribution is -0.137. The van der Waals surface area contributed by atoms with Crippen LogP contribution in [0.1, 0.15) is 40.0 Å². The summed E-state index contributed by atoms with van der Waals surface area (Å²) < 4.78 is 36.9.